The summed E-state index contributed by atoms with van der Waals surface area (Å²) in [6, 6.07) is -4.70. The van der Waals surface area contributed by atoms with Crippen molar-refractivity contribution in [3.8, 4) is 0 Å². The first-order chi connectivity index (χ1) is 16.3. The molecular weight excluding hydrogens is 482 g/mol. The van der Waals surface area contributed by atoms with E-state index < -0.39 is 60.2 Å². The molecule has 0 aromatic rings. The zero-order valence-electron chi connectivity index (χ0n) is 19.9. The van der Waals surface area contributed by atoms with Gasteiger partial charge in [0.15, 0.2) is 5.96 Å². The van der Waals surface area contributed by atoms with Gasteiger partial charge in [-0.25, -0.2) is 4.79 Å². The smallest absolute Gasteiger partial charge is 0.327 e. The number of guanidine groups is 1. The molecule has 0 aliphatic rings. The Morgan fingerprint density at radius 2 is 1.54 bits per heavy atom. The fourth-order valence-electron chi connectivity index (χ4n) is 2.87. The predicted molar refractivity (Wildman–Crippen MR) is 131 cm³/mol. The van der Waals surface area contributed by atoms with E-state index in [1.54, 1.807) is 13.8 Å². The topological polar surface area (TPSA) is 252 Å². The summed E-state index contributed by atoms with van der Waals surface area (Å²) in [6.45, 7) is 3.79. The number of nitrogens with one attached hydrogen (secondary N) is 3. The molecule has 11 N–H and O–H groups in total. The van der Waals surface area contributed by atoms with Gasteiger partial charge in [0.05, 0.1) is 6.04 Å². The lowest BCUT2D eigenvalue weighted by Gasteiger charge is -2.27. The fraction of sp³-hybridized carbons (Fsp3) is 0.700. The average Bonchev–Trinajstić information content (AvgIpc) is 2.79. The zero-order chi connectivity index (χ0) is 27.1. The van der Waals surface area contributed by atoms with Crippen LogP contribution in [0, 0.1) is 5.92 Å². The third-order valence-corrected chi connectivity index (χ3v) is 5.54. The number of aliphatic imine (C=N–C) groups is 1. The van der Waals surface area contributed by atoms with E-state index in [1.165, 1.54) is 0 Å². The molecule has 0 heterocycles. The van der Waals surface area contributed by atoms with Gasteiger partial charge >= 0.3 is 11.9 Å². The van der Waals surface area contributed by atoms with Gasteiger partial charge in [-0.3, -0.25) is 24.2 Å². The first kappa shape index (κ1) is 31.9. The normalized spacial score (nSPS) is 15.0. The first-order valence-corrected chi connectivity index (χ1v) is 11.7. The fourth-order valence-corrected chi connectivity index (χ4v) is 3.12. The Kier molecular flexibility index (Phi) is 15.1. The number of carboxylic acids is 2. The van der Waals surface area contributed by atoms with Gasteiger partial charge in [0.2, 0.25) is 17.7 Å². The van der Waals surface area contributed by atoms with Crippen molar-refractivity contribution in [3.05, 3.63) is 0 Å². The van der Waals surface area contributed by atoms with Gasteiger partial charge in [0, 0.05) is 18.7 Å². The highest BCUT2D eigenvalue weighted by Gasteiger charge is 2.32. The SMILES string of the molecule is CCC(C)C(NC(=O)C(N)CCCN=C(N)N)C(=O)NC(CCC(=O)O)C(=O)NC(CS)C(=O)O. The summed E-state index contributed by atoms with van der Waals surface area (Å²) in [6.07, 6.45) is 0.418. The van der Waals surface area contributed by atoms with Crippen molar-refractivity contribution in [2.24, 2.45) is 28.1 Å². The third kappa shape index (κ3) is 12.8. The number of carboxylic acid groups (broad SMARTS) is 2. The molecule has 0 aromatic heterocycles. The monoisotopic (exact) mass is 519 g/mol. The molecule has 0 spiro atoms. The maximum atomic E-state index is 13.0. The predicted octanol–water partition coefficient (Wildman–Crippen LogP) is -2.25. The number of rotatable bonds is 17. The van der Waals surface area contributed by atoms with Crippen molar-refractivity contribution in [3.63, 3.8) is 0 Å². The van der Waals surface area contributed by atoms with E-state index in [1.807, 2.05) is 0 Å². The largest absolute Gasteiger partial charge is 0.481 e. The van der Waals surface area contributed by atoms with Crippen LogP contribution in [0.2, 0.25) is 0 Å². The lowest BCUT2D eigenvalue weighted by molar-refractivity contribution is -0.142. The highest BCUT2D eigenvalue weighted by atomic mass is 32.1. The summed E-state index contributed by atoms with van der Waals surface area (Å²) < 4.78 is 0. The van der Waals surface area contributed by atoms with Crippen molar-refractivity contribution in [2.45, 2.75) is 70.1 Å². The van der Waals surface area contributed by atoms with E-state index >= 15 is 0 Å². The number of carbonyl (C=O) groups is 5. The molecule has 35 heavy (non-hydrogen) atoms. The van der Waals surface area contributed by atoms with E-state index in [0.717, 1.165) is 0 Å². The van der Waals surface area contributed by atoms with Crippen LogP contribution in [0.15, 0.2) is 4.99 Å². The number of aliphatic carboxylic acids is 2. The van der Waals surface area contributed by atoms with Crippen molar-refractivity contribution in [2.75, 3.05) is 12.3 Å². The van der Waals surface area contributed by atoms with Gasteiger partial charge in [-0.15, -0.1) is 0 Å². The molecule has 200 valence electrons. The summed E-state index contributed by atoms with van der Waals surface area (Å²) in [4.78, 5) is 64.2. The second-order valence-electron chi connectivity index (χ2n) is 8.00. The van der Waals surface area contributed by atoms with Gasteiger partial charge in [-0.05, 0) is 25.2 Å². The molecule has 0 aliphatic heterocycles. The summed E-state index contributed by atoms with van der Waals surface area (Å²) in [7, 11) is 0. The van der Waals surface area contributed by atoms with Crippen LogP contribution in [0.5, 0.6) is 0 Å². The molecule has 15 heteroatoms. The van der Waals surface area contributed by atoms with Crippen molar-refractivity contribution in [1.82, 2.24) is 16.0 Å². The molecule has 0 saturated carbocycles. The zero-order valence-corrected chi connectivity index (χ0v) is 20.8. The second-order valence-corrected chi connectivity index (χ2v) is 8.37. The number of hydrogen-bond donors (Lipinski definition) is 9. The number of hydrogen-bond acceptors (Lipinski definition) is 8. The van der Waals surface area contributed by atoms with Gasteiger partial charge in [0.1, 0.15) is 18.1 Å². The van der Waals surface area contributed by atoms with Gasteiger partial charge in [-0.1, -0.05) is 20.3 Å². The van der Waals surface area contributed by atoms with E-state index in [0.29, 0.717) is 12.8 Å². The van der Waals surface area contributed by atoms with Crippen LogP contribution < -0.4 is 33.2 Å². The van der Waals surface area contributed by atoms with Crippen LogP contribution in [0.4, 0.5) is 0 Å². The lowest BCUT2D eigenvalue weighted by atomic mass is 9.97. The summed E-state index contributed by atoms with van der Waals surface area (Å²) in [5.41, 5.74) is 16.4. The molecular formula is C20H37N7O7S. The van der Waals surface area contributed by atoms with Gasteiger partial charge in [0.25, 0.3) is 0 Å². The van der Waals surface area contributed by atoms with E-state index in [-0.39, 0.29) is 37.0 Å². The summed E-state index contributed by atoms with van der Waals surface area (Å²) in [5.74, 6) is -5.41. The van der Waals surface area contributed by atoms with E-state index in [4.69, 9.17) is 27.4 Å². The minimum absolute atomic E-state index is 0.0814. The van der Waals surface area contributed by atoms with Crippen LogP contribution in [0.25, 0.3) is 0 Å². The molecule has 5 unspecified atom stereocenters. The molecule has 14 nitrogen and oxygen atoms in total. The Bertz CT molecular complexity index is 777. The number of carbonyl (C=O) groups excluding carboxylic acids is 3. The molecule has 0 aromatic carbocycles. The number of nitrogens with two attached hydrogens (primary N) is 3. The number of amides is 3. The van der Waals surface area contributed by atoms with Gasteiger partial charge in [-0.2, -0.15) is 12.6 Å². The van der Waals surface area contributed by atoms with Crippen molar-refractivity contribution < 1.29 is 34.2 Å². The highest BCUT2D eigenvalue weighted by molar-refractivity contribution is 7.80. The van der Waals surface area contributed by atoms with Crippen LogP contribution in [0.1, 0.15) is 46.0 Å². The van der Waals surface area contributed by atoms with Crippen LogP contribution in [-0.4, -0.2) is 82.3 Å². The molecule has 0 radical (unpaired) electrons. The highest BCUT2D eigenvalue weighted by Crippen LogP contribution is 2.10. The second kappa shape index (κ2) is 16.5. The molecule has 0 saturated heterocycles. The van der Waals surface area contributed by atoms with E-state index in [9.17, 15) is 24.0 Å². The standard InChI is InChI=1S/C20H37N7O7S/c1-3-10(2)15(27-16(30)11(21)5-4-8-24-20(22)23)18(32)25-12(6-7-14(28)29)17(31)26-13(9-35)19(33)34/h10-13,15,35H,3-9,21H2,1-2H3,(H,25,32)(H,26,31)(H,27,30)(H,28,29)(H,33,34)(H4,22,23,24). The summed E-state index contributed by atoms with van der Waals surface area (Å²) >= 11 is 3.87. The Balaban J connectivity index is 5.42. The lowest BCUT2D eigenvalue weighted by Crippen LogP contribution is -2.58. The summed E-state index contributed by atoms with van der Waals surface area (Å²) in [5, 5.41) is 25.3. The van der Waals surface area contributed by atoms with Crippen molar-refractivity contribution in [1.29, 1.82) is 0 Å². The maximum absolute atomic E-state index is 13.0. The average molecular weight is 520 g/mol. The van der Waals surface area contributed by atoms with Crippen LogP contribution in [-0.2, 0) is 24.0 Å². The minimum Gasteiger partial charge on any atom is -0.481 e. The Morgan fingerprint density at radius 3 is 2.03 bits per heavy atom. The Labute approximate surface area is 209 Å². The first-order valence-electron chi connectivity index (χ1n) is 11.1. The molecule has 0 rings (SSSR count). The van der Waals surface area contributed by atoms with Crippen molar-refractivity contribution >= 4 is 48.2 Å². The molecule has 0 fully saturated rings. The maximum Gasteiger partial charge on any atom is 0.327 e. The number of thiol groups is 1. The molecule has 0 bridgehead atoms. The molecule has 3 amide bonds. The van der Waals surface area contributed by atoms with Crippen LogP contribution >= 0.6 is 12.6 Å². The Hall–Kier alpha value is -3.07. The molecule has 5 atom stereocenters. The quantitative estimate of drug-likeness (QED) is 0.0431. The van der Waals surface area contributed by atoms with E-state index in [2.05, 4.69) is 33.6 Å². The van der Waals surface area contributed by atoms with Gasteiger partial charge < -0.3 is 43.4 Å². The molecule has 0 aliphatic carbocycles. The number of nitrogens with zero attached hydrogens (tertiary/aromatic N) is 1. The Morgan fingerprint density at radius 1 is 0.943 bits per heavy atom. The minimum atomic E-state index is -1.35. The van der Waals surface area contributed by atoms with Crippen LogP contribution in [0.3, 0.4) is 0 Å². The third-order valence-electron chi connectivity index (χ3n) is 5.17.